The summed E-state index contributed by atoms with van der Waals surface area (Å²) in [6.45, 7) is 3.65. The summed E-state index contributed by atoms with van der Waals surface area (Å²) >= 11 is 1.87. The van der Waals surface area contributed by atoms with E-state index in [1.165, 1.54) is 12.1 Å². The van der Waals surface area contributed by atoms with Gasteiger partial charge < -0.3 is 10.6 Å². The molecule has 18 heavy (non-hydrogen) atoms. The van der Waals surface area contributed by atoms with Crippen molar-refractivity contribution in [2.24, 2.45) is 5.73 Å². The second-order valence-electron chi connectivity index (χ2n) is 4.46. The molecule has 1 heterocycles. The van der Waals surface area contributed by atoms with Gasteiger partial charge >= 0.3 is 0 Å². The zero-order valence-corrected chi connectivity index (χ0v) is 11.3. The first-order valence-corrected chi connectivity index (χ1v) is 7.25. The third kappa shape index (κ3) is 2.78. The molecule has 1 aromatic rings. The molecule has 100 valence electrons. The summed E-state index contributed by atoms with van der Waals surface area (Å²) in [6, 6.07) is 2.67. The van der Waals surface area contributed by atoms with E-state index in [0.717, 1.165) is 12.2 Å². The van der Waals surface area contributed by atoms with E-state index in [1.54, 1.807) is 0 Å². The molecule has 0 spiro atoms. The van der Waals surface area contributed by atoms with Crippen molar-refractivity contribution in [3.63, 3.8) is 0 Å². The van der Waals surface area contributed by atoms with Gasteiger partial charge in [-0.1, -0.05) is 6.92 Å². The van der Waals surface area contributed by atoms with E-state index in [0.29, 0.717) is 23.9 Å². The Bertz CT molecular complexity index is 402. The molecule has 5 heteroatoms. The van der Waals surface area contributed by atoms with Crippen LogP contribution in [0.1, 0.15) is 18.9 Å². The van der Waals surface area contributed by atoms with Crippen LogP contribution in [0.3, 0.4) is 0 Å². The number of nitrogens with zero attached hydrogens (tertiary/aromatic N) is 1. The van der Waals surface area contributed by atoms with Gasteiger partial charge in [0.05, 0.1) is 0 Å². The summed E-state index contributed by atoms with van der Waals surface area (Å²) in [5.41, 5.74) is 6.00. The fraction of sp³-hybridized carbons (Fsp3) is 0.538. The van der Waals surface area contributed by atoms with E-state index in [2.05, 4.69) is 6.92 Å². The first-order chi connectivity index (χ1) is 8.65. The highest BCUT2D eigenvalue weighted by atomic mass is 32.2. The molecule has 1 saturated heterocycles. The number of halogens is 2. The molecule has 0 amide bonds. The molecule has 2 rings (SSSR count). The lowest BCUT2D eigenvalue weighted by atomic mass is 10.1. The minimum atomic E-state index is -0.503. The van der Waals surface area contributed by atoms with Crippen molar-refractivity contribution in [1.82, 2.24) is 0 Å². The summed E-state index contributed by atoms with van der Waals surface area (Å²) in [7, 11) is 0. The molecule has 0 radical (unpaired) electrons. The van der Waals surface area contributed by atoms with E-state index in [9.17, 15) is 8.78 Å². The molecule has 0 saturated carbocycles. The molecule has 1 aliphatic rings. The summed E-state index contributed by atoms with van der Waals surface area (Å²) in [5.74, 6) is -0.0925. The topological polar surface area (TPSA) is 29.3 Å². The standard InChI is InChI=1S/C13H18F2N2S/c1-2-10-8-17(3-4-18-10)13-11(14)5-9(7-16)6-12(13)15/h5-6,10H,2-4,7-8,16H2,1H3. The van der Waals surface area contributed by atoms with Crippen molar-refractivity contribution in [3.8, 4) is 0 Å². The smallest absolute Gasteiger partial charge is 0.149 e. The third-order valence-electron chi connectivity index (χ3n) is 3.22. The van der Waals surface area contributed by atoms with Gasteiger partial charge in [-0.3, -0.25) is 0 Å². The van der Waals surface area contributed by atoms with Crippen LogP contribution in [-0.2, 0) is 6.54 Å². The molecule has 2 nitrogen and oxygen atoms in total. The highest BCUT2D eigenvalue weighted by Gasteiger charge is 2.24. The van der Waals surface area contributed by atoms with Crippen molar-refractivity contribution in [1.29, 1.82) is 0 Å². The van der Waals surface area contributed by atoms with Gasteiger partial charge in [0.15, 0.2) is 0 Å². The van der Waals surface area contributed by atoms with Crippen LogP contribution in [0.2, 0.25) is 0 Å². The molecule has 1 atom stereocenters. The largest absolute Gasteiger partial charge is 0.365 e. The molecule has 0 aliphatic carbocycles. The van der Waals surface area contributed by atoms with Crippen molar-refractivity contribution in [2.75, 3.05) is 23.7 Å². The Kier molecular flexibility index (Phi) is 4.45. The first-order valence-electron chi connectivity index (χ1n) is 6.20. The van der Waals surface area contributed by atoms with Gasteiger partial charge in [-0.15, -0.1) is 0 Å². The predicted octanol–water partition coefficient (Wildman–Crippen LogP) is 2.76. The summed E-state index contributed by atoms with van der Waals surface area (Å²) in [6.07, 6.45) is 1.02. The van der Waals surface area contributed by atoms with Gasteiger partial charge in [-0.2, -0.15) is 11.8 Å². The van der Waals surface area contributed by atoms with E-state index in [4.69, 9.17) is 5.73 Å². The second-order valence-corrected chi connectivity index (χ2v) is 5.87. The Balaban J connectivity index is 2.27. The maximum absolute atomic E-state index is 14.0. The normalized spacial score (nSPS) is 20.2. The van der Waals surface area contributed by atoms with Gasteiger partial charge in [-0.05, 0) is 24.1 Å². The summed E-state index contributed by atoms with van der Waals surface area (Å²) in [4.78, 5) is 1.82. The molecule has 2 N–H and O–H groups in total. The molecular weight excluding hydrogens is 254 g/mol. The third-order valence-corrected chi connectivity index (χ3v) is 4.59. The maximum Gasteiger partial charge on any atom is 0.149 e. The lowest BCUT2D eigenvalue weighted by Gasteiger charge is -2.34. The average molecular weight is 272 g/mol. The maximum atomic E-state index is 14.0. The highest BCUT2D eigenvalue weighted by molar-refractivity contribution is 8.00. The molecule has 1 unspecified atom stereocenters. The SMILES string of the molecule is CCC1CN(c2c(F)cc(CN)cc2F)CCS1. The molecule has 1 aromatic carbocycles. The molecule has 1 aliphatic heterocycles. The zero-order valence-electron chi connectivity index (χ0n) is 10.5. The van der Waals surface area contributed by atoms with Crippen molar-refractivity contribution in [2.45, 2.75) is 25.1 Å². The van der Waals surface area contributed by atoms with Gasteiger partial charge in [0, 0.05) is 30.6 Å². The van der Waals surface area contributed by atoms with E-state index in [-0.39, 0.29) is 12.2 Å². The van der Waals surface area contributed by atoms with Gasteiger partial charge in [-0.25, -0.2) is 8.78 Å². The number of nitrogens with two attached hydrogens (primary N) is 1. The average Bonchev–Trinajstić information content (AvgIpc) is 2.38. The van der Waals surface area contributed by atoms with E-state index in [1.807, 2.05) is 16.7 Å². The molecular formula is C13H18F2N2S. The Morgan fingerprint density at radius 1 is 1.39 bits per heavy atom. The van der Waals surface area contributed by atoms with Crippen LogP contribution in [0.4, 0.5) is 14.5 Å². The summed E-state index contributed by atoms with van der Waals surface area (Å²) < 4.78 is 27.9. The molecule has 1 fully saturated rings. The van der Waals surface area contributed by atoms with Crippen LogP contribution < -0.4 is 10.6 Å². The van der Waals surface area contributed by atoms with Crippen LogP contribution in [0.25, 0.3) is 0 Å². The number of rotatable bonds is 3. The fourth-order valence-electron chi connectivity index (χ4n) is 2.21. The minimum absolute atomic E-state index is 0.103. The Morgan fingerprint density at radius 2 is 2.06 bits per heavy atom. The lowest BCUT2D eigenvalue weighted by molar-refractivity contribution is 0.565. The van der Waals surface area contributed by atoms with Crippen molar-refractivity contribution < 1.29 is 8.78 Å². The van der Waals surface area contributed by atoms with Gasteiger partial charge in [0.1, 0.15) is 17.3 Å². The van der Waals surface area contributed by atoms with Crippen LogP contribution in [0.15, 0.2) is 12.1 Å². The molecule has 0 aromatic heterocycles. The molecule has 0 bridgehead atoms. The number of hydrogen-bond donors (Lipinski definition) is 1. The number of benzene rings is 1. The van der Waals surface area contributed by atoms with Crippen LogP contribution >= 0.6 is 11.8 Å². The Morgan fingerprint density at radius 3 is 2.61 bits per heavy atom. The van der Waals surface area contributed by atoms with Gasteiger partial charge in [0.25, 0.3) is 0 Å². The minimum Gasteiger partial charge on any atom is -0.365 e. The van der Waals surface area contributed by atoms with Gasteiger partial charge in [0.2, 0.25) is 0 Å². The first kappa shape index (κ1) is 13.6. The Labute approximate surface area is 111 Å². The van der Waals surface area contributed by atoms with Crippen LogP contribution in [0.5, 0.6) is 0 Å². The fourth-order valence-corrected chi connectivity index (χ4v) is 3.39. The van der Waals surface area contributed by atoms with E-state index < -0.39 is 11.6 Å². The van der Waals surface area contributed by atoms with Crippen LogP contribution in [-0.4, -0.2) is 24.1 Å². The van der Waals surface area contributed by atoms with Crippen LogP contribution in [0, 0.1) is 11.6 Å². The number of hydrogen-bond acceptors (Lipinski definition) is 3. The highest BCUT2D eigenvalue weighted by Crippen LogP contribution is 2.30. The second kappa shape index (κ2) is 5.89. The van der Waals surface area contributed by atoms with E-state index >= 15 is 0 Å². The predicted molar refractivity (Wildman–Crippen MR) is 73.0 cm³/mol. The number of anilines is 1. The number of thioether (sulfide) groups is 1. The monoisotopic (exact) mass is 272 g/mol. The summed E-state index contributed by atoms with van der Waals surface area (Å²) in [5, 5.41) is 0.451. The Hall–Kier alpha value is -0.810. The van der Waals surface area contributed by atoms with Crippen molar-refractivity contribution >= 4 is 17.4 Å². The quantitative estimate of drug-likeness (QED) is 0.917. The zero-order chi connectivity index (χ0) is 13.1. The van der Waals surface area contributed by atoms with Crippen molar-refractivity contribution in [3.05, 3.63) is 29.3 Å². The lowest BCUT2D eigenvalue weighted by Crippen LogP contribution is -2.38.